The molecule has 2 heterocycles. The van der Waals surface area contributed by atoms with Gasteiger partial charge in [0.1, 0.15) is 0 Å². The quantitative estimate of drug-likeness (QED) is 0.283. The molecule has 0 radical (unpaired) electrons. The second-order valence-electron chi connectivity index (χ2n) is 10.4. The Labute approximate surface area is 227 Å². The van der Waals surface area contributed by atoms with Crippen molar-refractivity contribution in [3.8, 4) is 0 Å². The summed E-state index contributed by atoms with van der Waals surface area (Å²) in [5.74, 6) is -0.150. The zero-order chi connectivity index (χ0) is 28.2. The number of hydrogen-bond donors (Lipinski definition) is 4. The minimum absolute atomic E-state index is 0.00873. The molecule has 0 aromatic carbocycles. The lowest BCUT2D eigenvalue weighted by atomic mass is 9.77. The highest BCUT2D eigenvalue weighted by Gasteiger charge is 2.27. The van der Waals surface area contributed by atoms with Gasteiger partial charge >= 0.3 is 10.3 Å². The molecule has 1 fully saturated rings. The third-order valence-electron chi connectivity index (χ3n) is 6.56. The number of nitrogens with one attached hydrogen (secondary N) is 3. The number of aromatic amines is 1. The summed E-state index contributed by atoms with van der Waals surface area (Å²) in [5.41, 5.74) is 4.72. The van der Waals surface area contributed by atoms with Crippen LogP contribution in [0.3, 0.4) is 0 Å². The van der Waals surface area contributed by atoms with Gasteiger partial charge in [0.15, 0.2) is 0 Å². The average molecular weight is 546 g/mol. The summed E-state index contributed by atoms with van der Waals surface area (Å²) in [7, 11) is -3.93. The summed E-state index contributed by atoms with van der Waals surface area (Å²) in [6.45, 7) is 11.6. The number of amides is 1. The molecule has 0 bridgehead atoms. The van der Waals surface area contributed by atoms with E-state index >= 15 is 0 Å². The molecule has 1 aromatic rings. The van der Waals surface area contributed by atoms with Crippen LogP contribution in [-0.4, -0.2) is 43.0 Å². The fraction of sp³-hybridized carbons (Fsp3) is 0.500. The molecule has 0 unspecified atom stereocenters. The number of aromatic nitrogens is 2. The average Bonchev–Trinajstić information content (AvgIpc) is 3.39. The minimum Gasteiger partial charge on any atom is -0.388 e. The number of imidazole rings is 1. The van der Waals surface area contributed by atoms with Crippen LogP contribution in [0.5, 0.6) is 0 Å². The zero-order valence-corrected chi connectivity index (χ0v) is 24.0. The first-order chi connectivity index (χ1) is 17.9. The first-order valence-corrected chi connectivity index (χ1v) is 14.4. The van der Waals surface area contributed by atoms with E-state index in [4.69, 9.17) is 9.32 Å². The summed E-state index contributed by atoms with van der Waals surface area (Å²) in [4.78, 5) is 18.7. The summed E-state index contributed by atoms with van der Waals surface area (Å²) < 4.78 is 26.9. The number of rotatable bonds is 8. The molecule has 0 spiro atoms. The Hall–Kier alpha value is -2.95. The van der Waals surface area contributed by atoms with E-state index in [1.807, 2.05) is 25.2 Å². The largest absolute Gasteiger partial charge is 0.388 e. The molecular formula is C28H43N5O4S. The first-order valence-electron chi connectivity index (χ1n) is 13.0. The van der Waals surface area contributed by atoms with Gasteiger partial charge in [-0.1, -0.05) is 49.8 Å². The molecule has 0 saturated heterocycles. The lowest BCUT2D eigenvalue weighted by Gasteiger charge is -2.33. The van der Waals surface area contributed by atoms with Gasteiger partial charge in [-0.2, -0.15) is 8.42 Å². The molecular weight excluding hydrogens is 502 g/mol. The molecule has 1 amide bonds. The van der Waals surface area contributed by atoms with E-state index < -0.39 is 16.4 Å². The van der Waals surface area contributed by atoms with E-state index in [2.05, 4.69) is 60.4 Å². The molecule has 1 aliphatic heterocycles. The maximum Gasteiger partial charge on any atom is 0.333 e. The van der Waals surface area contributed by atoms with Gasteiger partial charge in [-0.15, -0.1) is 0 Å². The zero-order valence-electron chi connectivity index (χ0n) is 23.2. The number of carbonyl (C=O) groups excluding carboxylic acids is 1. The first kappa shape index (κ1) is 31.3. The maximum atomic E-state index is 12.3. The Morgan fingerprint density at radius 2 is 1.89 bits per heavy atom. The topological polar surface area (TPSA) is 139 Å². The Morgan fingerprint density at radius 1 is 1.18 bits per heavy atom. The Kier molecular flexibility index (Phi) is 12.2. The van der Waals surface area contributed by atoms with Gasteiger partial charge < -0.3 is 15.6 Å². The number of H-pyrrole nitrogens is 1. The van der Waals surface area contributed by atoms with Crippen LogP contribution >= 0.6 is 0 Å². The molecule has 1 saturated carbocycles. The highest BCUT2D eigenvalue weighted by Crippen LogP contribution is 2.35. The number of nitrogens with two attached hydrogens (primary N) is 1. The highest BCUT2D eigenvalue weighted by atomic mass is 32.2. The van der Waals surface area contributed by atoms with Crippen molar-refractivity contribution in [1.29, 1.82) is 0 Å². The van der Waals surface area contributed by atoms with Crippen LogP contribution in [0.4, 0.5) is 0 Å². The Balaban J connectivity index is 0.000000904. The van der Waals surface area contributed by atoms with E-state index in [1.165, 1.54) is 11.3 Å². The fourth-order valence-electron chi connectivity index (χ4n) is 4.48. The van der Waals surface area contributed by atoms with Gasteiger partial charge in [0.05, 0.1) is 12.4 Å². The van der Waals surface area contributed by atoms with Crippen LogP contribution in [0.25, 0.3) is 0 Å². The van der Waals surface area contributed by atoms with Crippen molar-refractivity contribution < 1.29 is 17.4 Å². The smallest absolute Gasteiger partial charge is 0.333 e. The van der Waals surface area contributed by atoms with Gasteiger partial charge in [0.25, 0.3) is 0 Å². The highest BCUT2D eigenvalue weighted by molar-refractivity contribution is 7.84. The number of nitrogens with zero attached hydrogens (tertiary/aromatic N) is 1. The predicted octanol–water partition coefficient (Wildman–Crippen LogP) is 4.34. The van der Waals surface area contributed by atoms with Gasteiger partial charge in [0.2, 0.25) is 5.91 Å². The third-order valence-corrected chi connectivity index (χ3v) is 7.10. The second-order valence-corrected chi connectivity index (χ2v) is 11.6. The van der Waals surface area contributed by atoms with Gasteiger partial charge in [-0.05, 0) is 69.4 Å². The SMILES string of the molecule is CC1=C(/C=C/C(C)=C/C=C/C(C)=C/C(=O)NC2CCC(OS(N)(=O)=O)CC2)C(C)(C)CCN1.c1c[nH]cn1. The van der Waals surface area contributed by atoms with Crippen molar-refractivity contribution in [2.45, 2.75) is 78.9 Å². The predicted molar refractivity (Wildman–Crippen MR) is 152 cm³/mol. The summed E-state index contributed by atoms with van der Waals surface area (Å²) >= 11 is 0. The second kappa shape index (κ2) is 14.8. The lowest BCUT2D eigenvalue weighted by molar-refractivity contribution is -0.117. The normalized spacial score (nSPS) is 22.7. The van der Waals surface area contributed by atoms with E-state index in [9.17, 15) is 13.2 Å². The van der Waals surface area contributed by atoms with Crippen molar-refractivity contribution in [1.82, 2.24) is 20.6 Å². The Bertz CT molecular complexity index is 1140. The standard InChI is InChI=1S/C25H39N3O4S.C3H4N2/c1-18(9-14-23-20(3)27-16-15-25(23,4)5)7-6-8-19(2)17-24(29)28-21-10-12-22(13-11-21)32-33(26,30)31;1-2-5-3-4-1/h6-9,14,17,21-22,27H,10-13,15-16H2,1-5H3,(H,28,29)(H2,26,30,31);1-3H,(H,4,5)/b8-6+,14-9+,18-7+,19-17+;. The monoisotopic (exact) mass is 545 g/mol. The molecule has 5 N–H and O–H groups in total. The molecule has 3 rings (SSSR count). The number of allylic oxidation sites excluding steroid dienone is 9. The molecule has 2 aliphatic rings. The summed E-state index contributed by atoms with van der Waals surface area (Å²) in [6.07, 6.45) is 20.0. The molecule has 210 valence electrons. The summed E-state index contributed by atoms with van der Waals surface area (Å²) in [6, 6.07) is 0.00873. The molecule has 9 nitrogen and oxygen atoms in total. The minimum atomic E-state index is -3.93. The molecule has 1 aromatic heterocycles. The van der Waals surface area contributed by atoms with E-state index in [0.717, 1.165) is 24.1 Å². The van der Waals surface area contributed by atoms with Crippen molar-refractivity contribution >= 4 is 16.2 Å². The van der Waals surface area contributed by atoms with Crippen molar-refractivity contribution in [3.05, 3.63) is 77.6 Å². The van der Waals surface area contributed by atoms with Gasteiger partial charge in [0, 0.05) is 36.8 Å². The van der Waals surface area contributed by atoms with Crippen LogP contribution in [0.15, 0.2) is 77.6 Å². The van der Waals surface area contributed by atoms with Crippen LogP contribution in [0, 0.1) is 5.41 Å². The number of carbonyl (C=O) groups is 1. The van der Waals surface area contributed by atoms with Crippen molar-refractivity contribution in [3.63, 3.8) is 0 Å². The fourth-order valence-corrected chi connectivity index (χ4v) is 5.05. The van der Waals surface area contributed by atoms with Gasteiger partial charge in [-0.3, -0.25) is 8.98 Å². The van der Waals surface area contributed by atoms with Crippen LogP contribution in [-0.2, 0) is 19.3 Å². The van der Waals surface area contributed by atoms with E-state index in [-0.39, 0.29) is 17.4 Å². The van der Waals surface area contributed by atoms with E-state index in [1.54, 1.807) is 24.8 Å². The van der Waals surface area contributed by atoms with Crippen molar-refractivity contribution in [2.24, 2.45) is 10.6 Å². The van der Waals surface area contributed by atoms with Crippen LogP contribution in [0.2, 0.25) is 0 Å². The van der Waals surface area contributed by atoms with E-state index in [0.29, 0.717) is 25.7 Å². The lowest BCUT2D eigenvalue weighted by Crippen LogP contribution is -2.39. The molecule has 38 heavy (non-hydrogen) atoms. The summed E-state index contributed by atoms with van der Waals surface area (Å²) in [5, 5.41) is 11.3. The molecule has 1 aliphatic carbocycles. The van der Waals surface area contributed by atoms with Crippen LogP contribution < -0.4 is 15.8 Å². The van der Waals surface area contributed by atoms with Gasteiger partial charge in [-0.25, -0.2) is 10.1 Å². The number of hydrogen-bond acceptors (Lipinski definition) is 6. The Morgan fingerprint density at radius 3 is 2.45 bits per heavy atom. The molecule has 0 atom stereocenters. The van der Waals surface area contributed by atoms with Crippen molar-refractivity contribution in [2.75, 3.05) is 6.54 Å². The third kappa shape index (κ3) is 12.1. The maximum absolute atomic E-state index is 12.3. The van der Waals surface area contributed by atoms with Crippen LogP contribution in [0.1, 0.15) is 66.7 Å². The molecule has 10 heteroatoms.